The highest BCUT2D eigenvalue weighted by atomic mass is 32.1. The highest BCUT2D eigenvalue weighted by Gasteiger charge is 2.36. The second-order valence-corrected chi connectivity index (χ2v) is 9.10. The average molecular weight is 498 g/mol. The third-order valence-electron chi connectivity index (χ3n) is 5.38. The molecule has 0 saturated carbocycles. The first-order valence-electron chi connectivity index (χ1n) is 10.7. The maximum absolute atomic E-state index is 13.6. The summed E-state index contributed by atoms with van der Waals surface area (Å²) in [5.74, 6) is -0.432. The maximum Gasteiger partial charge on any atom is 0.426 e. The van der Waals surface area contributed by atoms with Crippen LogP contribution in [0, 0.1) is 0 Å². The number of hydrogen-bond donors (Lipinski definition) is 1. The van der Waals surface area contributed by atoms with E-state index in [4.69, 9.17) is 4.74 Å². The molecule has 0 bridgehead atoms. The van der Waals surface area contributed by atoms with Gasteiger partial charge in [-0.25, -0.2) is 4.79 Å². The molecule has 0 spiro atoms. The van der Waals surface area contributed by atoms with Gasteiger partial charge in [-0.2, -0.15) is 13.2 Å². The zero-order chi connectivity index (χ0) is 25.0. The Labute approximate surface area is 204 Å². The summed E-state index contributed by atoms with van der Waals surface area (Å²) in [7, 11) is 1.87. The van der Waals surface area contributed by atoms with Crippen LogP contribution in [-0.2, 0) is 19.3 Å². The lowest BCUT2D eigenvalue weighted by Gasteiger charge is -2.20. The number of carboxylic acids is 1. The molecule has 0 aliphatic rings. The number of carbonyl (C=O) groups is 1. The van der Waals surface area contributed by atoms with E-state index in [1.807, 2.05) is 30.1 Å². The normalized spacial score (nSPS) is 11.3. The lowest BCUT2D eigenvalue weighted by Crippen LogP contribution is -2.16. The fourth-order valence-corrected chi connectivity index (χ4v) is 4.60. The van der Waals surface area contributed by atoms with Crippen molar-refractivity contribution in [2.75, 3.05) is 11.9 Å². The van der Waals surface area contributed by atoms with Gasteiger partial charge in [0.15, 0.2) is 0 Å². The molecule has 0 saturated heterocycles. The van der Waals surface area contributed by atoms with Crippen molar-refractivity contribution in [1.29, 1.82) is 0 Å². The molecule has 1 N–H and O–H groups in total. The molecule has 1 heterocycles. The molecule has 0 amide bonds. The number of carboxylic acid groups (broad SMARTS) is 1. The molecule has 4 nitrogen and oxygen atoms in total. The van der Waals surface area contributed by atoms with Gasteiger partial charge in [0.25, 0.3) is 0 Å². The van der Waals surface area contributed by atoms with Gasteiger partial charge >= 0.3 is 12.1 Å². The molecule has 0 aliphatic heterocycles. The van der Waals surface area contributed by atoms with Crippen molar-refractivity contribution in [3.05, 3.63) is 106 Å². The predicted molar refractivity (Wildman–Crippen MR) is 131 cm³/mol. The number of benzene rings is 3. The second kappa shape index (κ2) is 10.2. The predicted octanol–water partition coefficient (Wildman–Crippen LogP) is 7.35. The van der Waals surface area contributed by atoms with Gasteiger partial charge in [0.1, 0.15) is 17.2 Å². The fourth-order valence-electron chi connectivity index (χ4n) is 3.64. The van der Waals surface area contributed by atoms with E-state index in [1.165, 1.54) is 6.07 Å². The van der Waals surface area contributed by atoms with E-state index in [0.717, 1.165) is 11.3 Å². The number of hydrogen-bond acceptors (Lipinski definition) is 4. The number of alkyl halides is 3. The van der Waals surface area contributed by atoms with Gasteiger partial charge in [0.2, 0.25) is 0 Å². The van der Waals surface area contributed by atoms with E-state index < -0.39 is 17.0 Å². The largest absolute Gasteiger partial charge is 0.488 e. The van der Waals surface area contributed by atoms with Crippen molar-refractivity contribution in [3.8, 4) is 16.9 Å². The molecule has 0 unspecified atom stereocenters. The molecule has 35 heavy (non-hydrogen) atoms. The van der Waals surface area contributed by atoms with E-state index >= 15 is 0 Å². The number of halogens is 3. The van der Waals surface area contributed by atoms with E-state index in [0.29, 0.717) is 34.1 Å². The Kier molecular flexibility index (Phi) is 7.12. The maximum atomic E-state index is 13.6. The minimum absolute atomic E-state index is 0.0296. The number of nitrogens with zero attached hydrogens (tertiary/aromatic N) is 1. The molecular weight excluding hydrogens is 475 g/mol. The highest BCUT2D eigenvalue weighted by Crippen LogP contribution is 2.43. The quantitative estimate of drug-likeness (QED) is 0.277. The Morgan fingerprint density at radius 3 is 2.34 bits per heavy atom. The third kappa shape index (κ3) is 6.02. The molecule has 0 atom stereocenters. The molecule has 8 heteroatoms. The Balaban J connectivity index is 1.42. The van der Waals surface area contributed by atoms with Crippen molar-refractivity contribution >= 4 is 23.0 Å². The van der Waals surface area contributed by atoms with Crippen LogP contribution in [0.4, 0.5) is 18.9 Å². The summed E-state index contributed by atoms with van der Waals surface area (Å²) < 4.78 is 46.5. The minimum atomic E-state index is -4.44. The van der Waals surface area contributed by atoms with E-state index in [1.54, 1.807) is 60.7 Å². The summed E-state index contributed by atoms with van der Waals surface area (Å²) in [5.41, 5.74) is 2.65. The van der Waals surface area contributed by atoms with Crippen LogP contribution in [0.3, 0.4) is 0 Å². The first kappa shape index (κ1) is 24.3. The molecule has 0 fully saturated rings. The number of aromatic carboxylic acids is 1. The van der Waals surface area contributed by atoms with Gasteiger partial charge < -0.3 is 14.7 Å². The SMILES string of the molecule is CN(Cc1ccc(OCc2cc(-c3ccccc3)c(C(F)(F)F)s2)cc1)c1cccc(C(=O)O)c1. The summed E-state index contributed by atoms with van der Waals surface area (Å²) in [6.45, 7) is 0.575. The number of rotatable bonds is 8. The molecule has 1 aromatic heterocycles. The van der Waals surface area contributed by atoms with Crippen molar-refractivity contribution < 1.29 is 27.8 Å². The fraction of sp³-hybridized carbons (Fsp3) is 0.148. The van der Waals surface area contributed by atoms with Crippen LogP contribution < -0.4 is 9.64 Å². The lowest BCUT2D eigenvalue weighted by molar-refractivity contribution is -0.133. The Morgan fingerprint density at radius 1 is 0.971 bits per heavy atom. The first-order chi connectivity index (χ1) is 16.7. The van der Waals surface area contributed by atoms with Crippen LogP contribution in [-0.4, -0.2) is 18.1 Å². The molecule has 4 aromatic rings. The summed E-state index contributed by atoms with van der Waals surface area (Å²) in [6.07, 6.45) is -4.44. The van der Waals surface area contributed by atoms with Crippen LogP contribution in [0.5, 0.6) is 5.75 Å². The zero-order valence-electron chi connectivity index (χ0n) is 18.8. The second-order valence-electron chi connectivity index (χ2n) is 7.96. The van der Waals surface area contributed by atoms with Crippen LogP contribution >= 0.6 is 11.3 Å². The number of anilines is 1. The van der Waals surface area contributed by atoms with Crippen molar-refractivity contribution in [2.24, 2.45) is 0 Å². The highest BCUT2D eigenvalue weighted by molar-refractivity contribution is 7.12. The Bertz CT molecular complexity index is 1300. The van der Waals surface area contributed by atoms with Crippen molar-refractivity contribution in [3.63, 3.8) is 0 Å². The topological polar surface area (TPSA) is 49.8 Å². The molecular formula is C27H22F3NO3S. The molecule has 0 radical (unpaired) electrons. The Hall–Kier alpha value is -3.78. The van der Waals surface area contributed by atoms with Gasteiger partial charge in [0.05, 0.1) is 5.56 Å². The standard InChI is InChI=1S/C27H22F3NO3S/c1-31(21-9-5-8-20(14-21)26(32)33)16-18-10-12-22(13-11-18)34-17-23-15-24(19-6-3-2-4-7-19)25(35-23)27(28,29)30/h2-15H,16-17H2,1H3,(H,32,33). The van der Waals surface area contributed by atoms with Crippen molar-refractivity contribution in [1.82, 2.24) is 0 Å². The Morgan fingerprint density at radius 2 is 1.69 bits per heavy atom. The minimum Gasteiger partial charge on any atom is -0.488 e. The number of thiophene rings is 1. The van der Waals surface area contributed by atoms with Gasteiger partial charge in [0, 0.05) is 29.7 Å². The molecule has 4 rings (SSSR count). The van der Waals surface area contributed by atoms with Gasteiger partial charge in [-0.3, -0.25) is 0 Å². The van der Waals surface area contributed by atoms with Gasteiger partial charge in [-0.15, -0.1) is 11.3 Å². The van der Waals surface area contributed by atoms with Gasteiger partial charge in [-0.05, 0) is 47.5 Å². The van der Waals surface area contributed by atoms with E-state index in [9.17, 15) is 23.1 Å². The summed E-state index contributed by atoms with van der Waals surface area (Å²) in [6, 6.07) is 24.0. The number of ether oxygens (including phenoxy) is 1. The van der Waals surface area contributed by atoms with E-state index in [-0.39, 0.29) is 17.7 Å². The monoisotopic (exact) mass is 497 g/mol. The summed E-state index contributed by atoms with van der Waals surface area (Å²) in [5, 5.41) is 9.17. The summed E-state index contributed by atoms with van der Waals surface area (Å²) >= 11 is 0.694. The summed E-state index contributed by atoms with van der Waals surface area (Å²) in [4.78, 5) is 13.0. The van der Waals surface area contributed by atoms with Crippen LogP contribution in [0.25, 0.3) is 11.1 Å². The lowest BCUT2D eigenvalue weighted by atomic mass is 10.1. The van der Waals surface area contributed by atoms with Crippen LogP contribution in [0.1, 0.15) is 25.7 Å². The van der Waals surface area contributed by atoms with Crippen molar-refractivity contribution in [2.45, 2.75) is 19.3 Å². The molecule has 180 valence electrons. The van der Waals surface area contributed by atoms with E-state index in [2.05, 4.69) is 0 Å². The average Bonchev–Trinajstić information content (AvgIpc) is 3.29. The zero-order valence-corrected chi connectivity index (χ0v) is 19.6. The third-order valence-corrected chi connectivity index (χ3v) is 6.54. The molecule has 3 aromatic carbocycles. The molecule has 0 aliphatic carbocycles. The first-order valence-corrected chi connectivity index (χ1v) is 11.5. The van der Waals surface area contributed by atoms with Crippen LogP contribution in [0.15, 0.2) is 84.9 Å². The smallest absolute Gasteiger partial charge is 0.426 e. The van der Waals surface area contributed by atoms with Crippen LogP contribution in [0.2, 0.25) is 0 Å². The van der Waals surface area contributed by atoms with Gasteiger partial charge in [-0.1, -0.05) is 48.5 Å².